The van der Waals surface area contributed by atoms with Crippen LogP contribution in [0.5, 0.6) is 0 Å². The highest BCUT2D eigenvalue weighted by Gasteiger charge is 2.22. The summed E-state index contributed by atoms with van der Waals surface area (Å²) < 4.78 is 0. The van der Waals surface area contributed by atoms with E-state index in [9.17, 15) is 5.11 Å². The van der Waals surface area contributed by atoms with Crippen LogP contribution < -0.4 is 4.90 Å². The molecule has 1 heterocycles. The van der Waals surface area contributed by atoms with Crippen molar-refractivity contribution >= 4 is 5.69 Å². The van der Waals surface area contributed by atoms with Gasteiger partial charge in [0.05, 0.1) is 23.7 Å². The van der Waals surface area contributed by atoms with Crippen molar-refractivity contribution in [3.8, 4) is 0 Å². The molecule has 3 heteroatoms. The summed E-state index contributed by atoms with van der Waals surface area (Å²) in [5.74, 6) is 0.879. The van der Waals surface area contributed by atoms with Crippen LogP contribution in [0.3, 0.4) is 0 Å². The van der Waals surface area contributed by atoms with Gasteiger partial charge in [-0.25, -0.2) is 0 Å². The van der Waals surface area contributed by atoms with Crippen LogP contribution in [0.1, 0.15) is 57.7 Å². The molecule has 0 radical (unpaired) electrons. The lowest BCUT2D eigenvalue weighted by molar-refractivity contribution is 0.169. The molecule has 0 amide bonds. The van der Waals surface area contributed by atoms with Crippen LogP contribution in [0.25, 0.3) is 0 Å². The highest BCUT2D eigenvalue weighted by atomic mass is 16.3. The fourth-order valence-electron chi connectivity index (χ4n) is 2.85. The van der Waals surface area contributed by atoms with Crippen molar-refractivity contribution in [1.82, 2.24) is 4.98 Å². The van der Waals surface area contributed by atoms with Gasteiger partial charge in [0.25, 0.3) is 0 Å². The van der Waals surface area contributed by atoms with E-state index in [2.05, 4.69) is 29.9 Å². The van der Waals surface area contributed by atoms with Gasteiger partial charge in [0.2, 0.25) is 0 Å². The molecule has 1 aliphatic carbocycles. The van der Waals surface area contributed by atoms with Gasteiger partial charge in [0, 0.05) is 13.1 Å². The third-order valence-electron chi connectivity index (χ3n) is 4.44. The molecule has 19 heavy (non-hydrogen) atoms. The highest BCUT2D eigenvalue weighted by molar-refractivity contribution is 5.45. The smallest absolute Gasteiger partial charge is 0.0957 e. The first-order valence-electron chi connectivity index (χ1n) is 7.48. The van der Waals surface area contributed by atoms with Crippen molar-refractivity contribution in [2.45, 2.75) is 58.1 Å². The molecule has 1 fully saturated rings. The third kappa shape index (κ3) is 3.47. The maximum Gasteiger partial charge on any atom is 0.0957 e. The molecule has 106 valence electrons. The Bertz CT molecular complexity index is 382. The second-order valence-electron chi connectivity index (χ2n) is 5.89. The van der Waals surface area contributed by atoms with E-state index in [0.29, 0.717) is 12.5 Å². The highest BCUT2D eigenvalue weighted by Crippen LogP contribution is 2.29. The van der Waals surface area contributed by atoms with E-state index >= 15 is 0 Å². The number of anilines is 1. The summed E-state index contributed by atoms with van der Waals surface area (Å²) in [4.78, 5) is 6.74. The van der Waals surface area contributed by atoms with Crippen LogP contribution >= 0.6 is 0 Å². The molecule has 2 rings (SSSR count). The van der Waals surface area contributed by atoms with Crippen LogP contribution in [0.15, 0.2) is 18.3 Å². The number of aromatic nitrogens is 1. The summed E-state index contributed by atoms with van der Waals surface area (Å²) in [6, 6.07) is 4.67. The average molecular weight is 262 g/mol. The minimum absolute atomic E-state index is 0.435. The summed E-state index contributed by atoms with van der Waals surface area (Å²) in [5, 5.41) is 9.76. The van der Waals surface area contributed by atoms with E-state index in [0.717, 1.165) is 17.3 Å². The first-order valence-corrected chi connectivity index (χ1v) is 7.48. The Morgan fingerprint density at radius 3 is 2.53 bits per heavy atom. The van der Waals surface area contributed by atoms with Gasteiger partial charge >= 0.3 is 0 Å². The van der Waals surface area contributed by atoms with Gasteiger partial charge < -0.3 is 10.0 Å². The summed E-state index contributed by atoms with van der Waals surface area (Å²) >= 11 is 0. The predicted molar refractivity (Wildman–Crippen MR) is 79.3 cm³/mol. The van der Waals surface area contributed by atoms with E-state index in [1.807, 2.05) is 19.2 Å². The summed E-state index contributed by atoms with van der Waals surface area (Å²) in [7, 11) is 2.16. The number of hydrogen-bond acceptors (Lipinski definition) is 3. The van der Waals surface area contributed by atoms with Crippen molar-refractivity contribution in [2.75, 3.05) is 11.9 Å². The largest absolute Gasteiger partial charge is 0.387 e. The summed E-state index contributed by atoms with van der Waals surface area (Å²) in [6.45, 7) is 4.31. The fraction of sp³-hybridized carbons (Fsp3) is 0.688. The molecule has 1 aromatic rings. The molecule has 0 aromatic carbocycles. The second kappa shape index (κ2) is 6.38. The molecular formula is C16H26N2O. The van der Waals surface area contributed by atoms with Gasteiger partial charge in [0.15, 0.2) is 0 Å². The molecule has 1 aliphatic rings. The molecule has 0 saturated heterocycles. The summed E-state index contributed by atoms with van der Waals surface area (Å²) in [5.41, 5.74) is 1.93. The maximum absolute atomic E-state index is 9.76. The molecule has 1 atom stereocenters. The number of nitrogens with zero attached hydrogens (tertiary/aromatic N) is 2. The second-order valence-corrected chi connectivity index (χ2v) is 5.89. The number of pyridine rings is 1. The minimum atomic E-state index is -0.435. The van der Waals surface area contributed by atoms with Crippen molar-refractivity contribution < 1.29 is 5.11 Å². The summed E-state index contributed by atoms with van der Waals surface area (Å²) in [6.07, 6.45) is 7.38. The molecule has 1 N–H and O–H groups in total. The van der Waals surface area contributed by atoms with Crippen LogP contribution in [0.2, 0.25) is 0 Å². The number of hydrogen-bond donors (Lipinski definition) is 1. The lowest BCUT2D eigenvalue weighted by Gasteiger charge is -2.35. The third-order valence-corrected chi connectivity index (χ3v) is 4.44. The standard InChI is InChI=1S/C16H26N2O/c1-4-16(19)15-10-9-14(11-17-15)18(3)13-7-5-12(2)6-8-13/h9-13,16,19H,4-8H2,1-3H3/t12?,13?,16-/m0/s1. The van der Waals surface area contributed by atoms with Gasteiger partial charge in [-0.3, -0.25) is 4.98 Å². The zero-order valence-electron chi connectivity index (χ0n) is 12.3. The van der Waals surface area contributed by atoms with Crippen LogP contribution in [-0.2, 0) is 0 Å². The Morgan fingerprint density at radius 1 is 1.32 bits per heavy atom. The lowest BCUT2D eigenvalue weighted by Crippen LogP contribution is -2.34. The van der Waals surface area contributed by atoms with E-state index in [4.69, 9.17) is 0 Å². The number of aliphatic hydroxyl groups is 1. The molecular weight excluding hydrogens is 236 g/mol. The topological polar surface area (TPSA) is 36.4 Å². The molecule has 1 aromatic heterocycles. The average Bonchev–Trinajstić information content (AvgIpc) is 2.46. The van der Waals surface area contributed by atoms with Gasteiger partial charge in [-0.05, 0) is 50.2 Å². The van der Waals surface area contributed by atoms with E-state index in [-0.39, 0.29) is 0 Å². The molecule has 0 unspecified atom stereocenters. The molecule has 0 bridgehead atoms. The van der Waals surface area contributed by atoms with Crippen LogP contribution in [-0.4, -0.2) is 23.2 Å². The minimum Gasteiger partial charge on any atom is -0.387 e. The normalized spacial score (nSPS) is 25.1. The quantitative estimate of drug-likeness (QED) is 0.901. The van der Waals surface area contributed by atoms with E-state index in [1.165, 1.54) is 25.7 Å². The maximum atomic E-state index is 9.76. The Hall–Kier alpha value is -1.09. The molecule has 1 saturated carbocycles. The monoisotopic (exact) mass is 262 g/mol. The molecule has 0 aliphatic heterocycles. The predicted octanol–water partition coefficient (Wildman–Crippen LogP) is 3.54. The van der Waals surface area contributed by atoms with E-state index in [1.54, 1.807) is 0 Å². The first kappa shape index (κ1) is 14.3. The van der Waals surface area contributed by atoms with Crippen LogP contribution in [0.4, 0.5) is 5.69 Å². The zero-order valence-corrected chi connectivity index (χ0v) is 12.3. The Morgan fingerprint density at radius 2 is 2.00 bits per heavy atom. The Kier molecular flexibility index (Phi) is 4.81. The van der Waals surface area contributed by atoms with Gasteiger partial charge in [-0.15, -0.1) is 0 Å². The van der Waals surface area contributed by atoms with Crippen molar-refractivity contribution in [3.05, 3.63) is 24.0 Å². The van der Waals surface area contributed by atoms with Crippen molar-refractivity contribution in [2.24, 2.45) is 5.92 Å². The van der Waals surface area contributed by atoms with Gasteiger partial charge in [-0.2, -0.15) is 0 Å². The lowest BCUT2D eigenvalue weighted by atomic mass is 9.86. The van der Waals surface area contributed by atoms with Gasteiger partial charge in [-0.1, -0.05) is 13.8 Å². The van der Waals surface area contributed by atoms with Gasteiger partial charge in [0.1, 0.15) is 0 Å². The fourth-order valence-corrected chi connectivity index (χ4v) is 2.85. The molecule has 3 nitrogen and oxygen atoms in total. The number of aliphatic hydroxyl groups excluding tert-OH is 1. The van der Waals surface area contributed by atoms with E-state index < -0.39 is 6.10 Å². The Balaban J connectivity index is 2.01. The number of rotatable bonds is 4. The Labute approximate surface area is 116 Å². The first-order chi connectivity index (χ1) is 9.11. The van der Waals surface area contributed by atoms with Crippen molar-refractivity contribution in [1.29, 1.82) is 0 Å². The van der Waals surface area contributed by atoms with Crippen molar-refractivity contribution in [3.63, 3.8) is 0 Å². The molecule has 0 spiro atoms. The zero-order chi connectivity index (χ0) is 13.8. The van der Waals surface area contributed by atoms with Crippen LogP contribution in [0, 0.1) is 5.92 Å². The SMILES string of the molecule is CC[C@H](O)c1ccc(N(C)C2CCC(C)CC2)cn1.